The van der Waals surface area contributed by atoms with Crippen molar-refractivity contribution < 1.29 is 4.79 Å². The lowest BCUT2D eigenvalue weighted by Gasteiger charge is -2.24. The molecule has 1 aliphatic carbocycles. The van der Waals surface area contributed by atoms with Gasteiger partial charge in [-0.25, -0.2) is 4.98 Å². The van der Waals surface area contributed by atoms with Crippen LogP contribution in [0.4, 0.5) is 0 Å². The van der Waals surface area contributed by atoms with Crippen molar-refractivity contribution in [3.8, 4) is 0 Å². The van der Waals surface area contributed by atoms with Crippen molar-refractivity contribution in [3.63, 3.8) is 0 Å². The van der Waals surface area contributed by atoms with Gasteiger partial charge in [0.25, 0.3) is 0 Å². The first-order chi connectivity index (χ1) is 10.8. The third-order valence-electron chi connectivity index (χ3n) is 4.72. The Kier molecular flexibility index (Phi) is 3.70. The van der Waals surface area contributed by atoms with Crippen molar-refractivity contribution >= 4 is 27.5 Å². The van der Waals surface area contributed by atoms with Gasteiger partial charge in [-0.2, -0.15) is 0 Å². The summed E-state index contributed by atoms with van der Waals surface area (Å²) in [6.07, 6.45) is 9.47. The number of benzene rings is 1. The van der Waals surface area contributed by atoms with Gasteiger partial charge in [-0.1, -0.05) is 24.3 Å². The molecule has 2 aromatic rings. The molecule has 1 amide bonds. The fourth-order valence-corrected chi connectivity index (χ4v) is 4.68. The molecule has 4 heteroatoms. The number of likely N-dealkylation sites (tertiary alicyclic amines) is 1. The molecule has 1 aromatic carbocycles. The molecule has 1 saturated heterocycles. The molecule has 0 bridgehead atoms. The van der Waals surface area contributed by atoms with E-state index in [1.54, 1.807) is 11.3 Å². The topological polar surface area (TPSA) is 33.2 Å². The Morgan fingerprint density at radius 1 is 1.32 bits per heavy atom. The Bertz CT molecular complexity index is 688. The van der Waals surface area contributed by atoms with E-state index in [0.29, 0.717) is 18.2 Å². The summed E-state index contributed by atoms with van der Waals surface area (Å²) in [6.45, 7) is 0.885. The molecule has 2 heterocycles. The molecule has 0 unspecified atom stereocenters. The van der Waals surface area contributed by atoms with E-state index in [1.807, 2.05) is 12.1 Å². The molecule has 0 spiro atoms. The first-order valence-corrected chi connectivity index (χ1v) is 8.94. The van der Waals surface area contributed by atoms with E-state index in [9.17, 15) is 4.79 Å². The molecule has 0 N–H and O–H groups in total. The lowest BCUT2D eigenvalue weighted by atomic mass is 10.0. The third-order valence-corrected chi connectivity index (χ3v) is 5.86. The van der Waals surface area contributed by atoms with Crippen LogP contribution >= 0.6 is 11.3 Å². The van der Waals surface area contributed by atoms with Gasteiger partial charge < -0.3 is 4.90 Å². The van der Waals surface area contributed by atoms with Crippen LogP contribution in [0.25, 0.3) is 10.2 Å². The lowest BCUT2D eigenvalue weighted by Crippen LogP contribution is -2.31. The molecule has 1 aromatic heterocycles. The number of amides is 1. The second-order valence-corrected chi connectivity index (χ2v) is 7.30. The minimum atomic E-state index is 0.190. The molecule has 2 atom stereocenters. The molecule has 22 heavy (non-hydrogen) atoms. The predicted molar refractivity (Wildman–Crippen MR) is 89.8 cm³/mol. The lowest BCUT2D eigenvalue weighted by molar-refractivity contribution is -0.132. The number of aromatic nitrogens is 1. The number of rotatable bonds is 3. The van der Waals surface area contributed by atoms with Crippen LogP contribution in [-0.2, 0) is 4.79 Å². The third kappa shape index (κ3) is 2.56. The largest absolute Gasteiger partial charge is 0.333 e. The van der Waals surface area contributed by atoms with E-state index < -0.39 is 0 Å². The highest BCUT2D eigenvalue weighted by molar-refractivity contribution is 7.18. The standard InChI is InChI=1S/C18H20N2OS/c21-17(12-13-6-1-2-7-13)20-11-5-9-15(20)18-19-14-8-3-4-10-16(14)22-18/h1,3-4,6,8,10,13,15H,2,5,7,9,11-12H2/t13-,15-/m0/s1. The highest BCUT2D eigenvalue weighted by atomic mass is 32.1. The van der Waals surface area contributed by atoms with Gasteiger partial charge in [-0.3, -0.25) is 4.79 Å². The predicted octanol–water partition coefficient (Wildman–Crippen LogP) is 4.32. The van der Waals surface area contributed by atoms with Crippen molar-refractivity contribution in [2.75, 3.05) is 6.54 Å². The van der Waals surface area contributed by atoms with Crippen LogP contribution in [0.1, 0.15) is 43.2 Å². The van der Waals surface area contributed by atoms with E-state index in [-0.39, 0.29) is 6.04 Å². The maximum absolute atomic E-state index is 12.7. The molecule has 4 rings (SSSR count). The van der Waals surface area contributed by atoms with Crippen LogP contribution in [0.5, 0.6) is 0 Å². The number of nitrogens with zero attached hydrogens (tertiary/aromatic N) is 2. The number of hydrogen-bond acceptors (Lipinski definition) is 3. The van der Waals surface area contributed by atoms with Gasteiger partial charge in [0.2, 0.25) is 5.91 Å². The van der Waals surface area contributed by atoms with Crippen LogP contribution in [-0.4, -0.2) is 22.3 Å². The number of hydrogen-bond donors (Lipinski definition) is 0. The van der Waals surface area contributed by atoms with Crippen LogP contribution < -0.4 is 0 Å². The Balaban J connectivity index is 1.54. The van der Waals surface area contributed by atoms with Crippen molar-refractivity contribution in [3.05, 3.63) is 41.4 Å². The molecular formula is C18H20N2OS. The average molecular weight is 312 g/mol. The molecule has 3 nitrogen and oxygen atoms in total. The van der Waals surface area contributed by atoms with Gasteiger partial charge in [-0.05, 0) is 43.7 Å². The molecule has 2 aliphatic rings. The molecule has 1 aliphatic heterocycles. The van der Waals surface area contributed by atoms with Gasteiger partial charge in [0.05, 0.1) is 16.3 Å². The van der Waals surface area contributed by atoms with E-state index in [1.165, 1.54) is 4.70 Å². The zero-order chi connectivity index (χ0) is 14.9. The molecule has 0 radical (unpaired) electrons. The van der Waals surface area contributed by atoms with Crippen LogP contribution in [0.15, 0.2) is 36.4 Å². The summed E-state index contributed by atoms with van der Waals surface area (Å²) >= 11 is 1.74. The SMILES string of the molecule is O=C(C[C@H]1C=CCC1)N1CCC[C@H]1c1nc2ccccc2s1. The number of carbonyl (C=O) groups excluding carboxylic acids is 1. The Hall–Kier alpha value is -1.68. The van der Waals surface area contributed by atoms with Crippen molar-refractivity contribution in [2.24, 2.45) is 5.92 Å². The second-order valence-electron chi connectivity index (χ2n) is 6.23. The normalized spacial score (nSPS) is 24.5. The Labute approximate surface area is 134 Å². The first-order valence-electron chi connectivity index (χ1n) is 8.13. The summed E-state index contributed by atoms with van der Waals surface area (Å²) in [5, 5.41) is 1.11. The number of fused-ring (bicyclic) bond motifs is 1. The number of carbonyl (C=O) groups is 1. The summed E-state index contributed by atoms with van der Waals surface area (Å²) in [5.41, 5.74) is 1.06. The molecule has 1 fully saturated rings. The number of allylic oxidation sites excluding steroid dienone is 2. The zero-order valence-corrected chi connectivity index (χ0v) is 13.4. The van der Waals surface area contributed by atoms with Crippen molar-refractivity contribution in [1.29, 1.82) is 0 Å². The maximum atomic E-state index is 12.7. The summed E-state index contributed by atoms with van der Waals surface area (Å²) in [5.74, 6) is 0.752. The minimum absolute atomic E-state index is 0.190. The molecule has 114 valence electrons. The van der Waals surface area contributed by atoms with E-state index in [0.717, 1.165) is 42.8 Å². The highest BCUT2D eigenvalue weighted by Crippen LogP contribution is 2.37. The summed E-state index contributed by atoms with van der Waals surface area (Å²) in [7, 11) is 0. The average Bonchev–Trinajstić information content (AvgIpc) is 3.26. The summed E-state index contributed by atoms with van der Waals surface area (Å²) in [4.78, 5) is 19.5. The first kappa shape index (κ1) is 13.9. The van der Waals surface area contributed by atoms with Gasteiger partial charge in [0.15, 0.2) is 0 Å². The zero-order valence-electron chi connectivity index (χ0n) is 12.6. The molecular weight excluding hydrogens is 292 g/mol. The van der Waals surface area contributed by atoms with Crippen LogP contribution in [0.2, 0.25) is 0 Å². The Morgan fingerprint density at radius 3 is 3.05 bits per heavy atom. The quantitative estimate of drug-likeness (QED) is 0.791. The van der Waals surface area contributed by atoms with E-state index in [2.05, 4.69) is 29.2 Å². The van der Waals surface area contributed by atoms with Crippen molar-refractivity contribution in [2.45, 2.75) is 38.1 Å². The monoisotopic (exact) mass is 312 g/mol. The highest BCUT2D eigenvalue weighted by Gasteiger charge is 2.32. The fourth-order valence-electron chi connectivity index (χ4n) is 3.56. The van der Waals surface area contributed by atoms with Gasteiger partial charge in [0.1, 0.15) is 5.01 Å². The van der Waals surface area contributed by atoms with E-state index >= 15 is 0 Å². The summed E-state index contributed by atoms with van der Waals surface area (Å²) in [6, 6.07) is 8.43. The fraction of sp³-hybridized carbons (Fsp3) is 0.444. The second kappa shape index (κ2) is 5.84. The van der Waals surface area contributed by atoms with Crippen LogP contribution in [0.3, 0.4) is 0 Å². The number of para-hydroxylation sites is 1. The van der Waals surface area contributed by atoms with Crippen LogP contribution in [0, 0.1) is 5.92 Å². The van der Waals surface area contributed by atoms with Crippen molar-refractivity contribution in [1.82, 2.24) is 9.88 Å². The summed E-state index contributed by atoms with van der Waals surface area (Å²) < 4.78 is 1.22. The molecule has 0 saturated carbocycles. The Morgan fingerprint density at radius 2 is 2.23 bits per heavy atom. The number of thiazole rings is 1. The van der Waals surface area contributed by atoms with E-state index in [4.69, 9.17) is 4.98 Å². The van der Waals surface area contributed by atoms with Gasteiger partial charge in [0, 0.05) is 13.0 Å². The maximum Gasteiger partial charge on any atom is 0.223 e. The van der Waals surface area contributed by atoms with Gasteiger partial charge in [-0.15, -0.1) is 11.3 Å². The smallest absolute Gasteiger partial charge is 0.223 e. The minimum Gasteiger partial charge on any atom is -0.333 e. The van der Waals surface area contributed by atoms with Gasteiger partial charge >= 0.3 is 0 Å².